The van der Waals surface area contributed by atoms with E-state index in [1.807, 2.05) is 23.2 Å². The van der Waals surface area contributed by atoms with E-state index in [4.69, 9.17) is 5.11 Å². The van der Waals surface area contributed by atoms with Crippen LogP contribution in [-0.4, -0.2) is 59.0 Å². The second-order valence-electron chi connectivity index (χ2n) is 8.13. The van der Waals surface area contributed by atoms with E-state index < -0.39 is 5.97 Å². The number of carbonyl (C=O) groups is 2. The summed E-state index contributed by atoms with van der Waals surface area (Å²) in [5.74, 6) is -0.610. The molecule has 0 bridgehead atoms. The van der Waals surface area contributed by atoms with Gasteiger partial charge in [-0.25, -0.2) is 0 Å². The van der Waals surface area contributed by atoms with Gasteiger partial charge in [0.25, 0.3) is 0 Å². The van der Waals surface area contributed by atoms with Crippen molar-refractivity contribution < 1.29 is 14.7 Å². The minimum absolute atomic E-state index is 0.0502. The molecule has 1 spiro atoms. The number of pyridine rings is 1. The van der Waals surface area contributed by atoms with Crippen LogP contribution in [0.2, 0.25) is 0 Å². The number of likely N-dealkylation sites (tertiary alicyclic amines) is 1. The molecule has 2 aliphatic rings. The summed E-state index contributed by atoms with van der Waals surface area (Å²) in [4.78, 5) is 31.9. The van der Waals surface area contributed by atoms with E-state index in [9.17, 15) is 9.59 Å². The average Bonchev–Trinajstić information content (AvgIpc) is 2.91. The van der Waals surface area contributed by atoms with Crippen LogP contribution in [0.5, 0.6) is 0 Å². The molecule has 0 aromatic carbocycles. The fourth-order valence-electron chi connectivity index (χ4n) is 4.71. The van der Waals surface area contributed by atoms with Crippen LogP contribution in [0, 0.1) is 5.41 Å². The van der Waals surface area contributed by atoms with E-state index in [0.717, 1.165) is 37.9 Å². The van der Waals surface area contributed by atoms with Crippen molar-refractivity contribution in [2.75, 3.05) is 27.2 Å². The van der Waals surface area contributed by atoms with Gasteiger partial charge in [0, 0.05) is 32.1 Å². The summed E-state index contributed by atoms with van der Waals surface area (Å²) in [7, 11) is 4.23. The molecule has 0 unspecified atom stereocenters. The fourth-order valence-corrected chi connectivity index (χ4v) is 4.71. The summed E-state index contributed by atoms with van der Waals surface area (Å²) in [6, 6.07) is 6.10. The number of nitrogens with zero attached hydrogens (tertiary/aromatic N) is 3. The topological polar surface area (TPSA) is 73.7 Å². The normalized spacial score (nSPS) is 28.9. The molecule has 1 saturated carbocycles. The molecule has 6 nitrogen and oxygen atoms in total. The van der Waals surface area contributed by atoms with Crippen molar-refractivity contribution in [2.24, 2.45) is 5.41 Å². The molecule has 2 heterocycles. The van der Waals surface area contributed by atoms with E-state index in [-0.39, 0.29) is 23.3 Å². The summed E-state index contributed by atoms with van der Waals surface area (Å²) in [5, 5.41) is 8.80. The highest BCUT2D eigenvalue weighted by Gasteiger charge is 2.50. The average molecular weight is 359 g/mol. The number of amides is 1. The van der Waals surface area contributed by atoms with Crippen LogP contribution in [-0.2, 0) is 15.1 Å². The Morgan fingerprint density at radius 1 is 1.27 bits per heavy atom. The maximum atomic E-state index is 12.4. The SMILES string of the molecule is CN(C)C1(c2ccccn2)CCC2(CC1)CC(=O)N(CCCC(=O)O)C2. The minimum atomic E-state index is -0.796. The fraction of sp³-hybridized carbons (Fsp3) is 0.650. The minimum Gasteiger partial charge on any atom is -0.481 e. The number of hydrogen-bond donors (Lipinski definition) is 1. The summed E-state index contributed by atoms with van der Waals surface area (Å²) in [5.41, 5.74) is 1.10. The van der Waals surface area contributed by atoms with Crippen LogP contribution in [0.4, 0.5) is 0 Å². The number of aliphatic carboxylic acids is 1. The molecule has 1 amide bonds. The monoisotopic (exact) mass is 359 g/mol. The number of carbonyl (C=O) groups excluding carboxylic acids is 1. The Morgan fingerprint density at radius 3 is 2.58 bits per heavy atom. The number of carboxylic acid groups (broad SMARTS) is 1. The first kappa shape index (κ1) is 18.8. The molecular formula is C20H29N3O3. The number of rotatable bonds is 6. The summed E-state index contributed by atoms with van der Waals surface area (Å²) >= 11 is 0. The third kappa shape index (κ3) is 3.61. The first-order chi connectivity index (χ1) is 12.4. The molecule has 1 aliphatic heterocycles. The lowest BCUT2D eigenvalue weighted by molar-refractivity contribution is -0.137. The van der Waals surface area contributed by atoms with Crippen molar-refractivity contribution in [1.29, 1.82) is 0 Å². The lowest BCUT2D eigenvalue weighted by atomic mass is 9.65. The van der Waals surface area contributed by atoms with Crippen LogP contribution in [0.3, 0.4) is 0 Å². The highest BCUT2D eigenvalue weighted by atomic mass is 16.4. The largest absolute Gasteiger partial charge is 0.481 e. The molecule has 1 aromatic heterocycles. The van der Waals surface area contributed by atoms with Gasteiger partial charge in [-0.05, 0) is 63.7 Å². The van der Waals surface area contributed by atoms with Gasteiger partial charge >= 0.3 is 5.97 Å². The smallest absolute Gasteiger partial charge is 0.303 e. The first-order valence-corrected chi connectivity index (χ1v) is 9.45. The van der Waals surface area contributed by atoms with E-state index >= 15 is 0 Å². The van der Waals surface area contributed by atoms with Crippen LogP contribution in [0.15, 0.2) is 24.4 Å². The maximum Gasteiger partial charge on any atom is 0.303 e. The molecule has 142 valence electrons. The molecule has 1 aliphatic carbocycles. The highest BCUT2D eigenvalue weighted by Crippen LogP contribution is 2.51. The van der Waals surface area contributed by atoms with Crippen LogP contribution < -0.4 is 0 Å². The van der Waals surface area contributed by atoms with Gasteiger partial charge in [0.05, 0.1) is 11.2 Å². The van der Waals surface area contributed by atoms with Crippen molar-refractivity contribution in [3.05, 3.63) is 30.1 Å². The molecule has 6 heteroatoms. The van der Waals surface area contributed by atoms with Crippen molar-refractivity contribution >= 4 is 11.9 Å². The molecule has 26 heavy (non-hydrogen) atoms. The maximum absolute atomic E-state index is 12.4. The predicted octanol–water partition coefficient (Wildman–Crippen LogP) is 2.50. The van der Waals surface area contributed by atoms with Crippen molar-refractivity contribution in [1.82, 2.24) is 14.8 Å². The standard InChI is InChI=1S/C20H29N3O3/c1-22(2)20(16-6-3-4-12-21-16)10-8-19(9-11-20)14-17(24)23(15-19)13-5-7-18(25)26/h3-4,6,12H,5,7-11,13-15H2,1-2H3,(H,25,26). The third-order valence-corrected chi connectivity index (χ3v) is 6.36. The second-order valence-corrected chi connectivity index (χ2v) is 8.13. The van der Waals surface area contributed by atoms with E-state index in [2.05, 4.69) is 30.0 Å². The third-order valence-electron chi connectivity index (χ3n) is 6.36. The van der Waals surface area contributed by atoms with Crippen molar-refractivity contribution in [2.45, 2.75) is 50.5 Å². The molecule has 1 saturated heterocycles. The van der Waals surface area contributed by atoms with Gasteiger partial charge < -0.3 is 10.0 Å². The molecule has 1 N–H and O–H groups in total. The zero-order chi connectivity index (χ0) is 18.8. The Balaban J connectivity index is 1.67. The van der Waals surface area contributed by atoms with Gasteiger partial charge in [0.15, 0.2) is 0 Å². The number of carboxylic acids is 1. The lowest BCUT2D eigenvalue weighted by Crippen LogP contribution is -2.48. The van der Waals surface area contributed by atoms with Gasteiger partial charge in [-0.2, -0.15) is 0 Å². The van der Waals surface area contributed by atoms with E-state index in [0.29, 0.717) is 19.4 Å². The molecule has 2 fully saturated rings. The predicted molar refractivity (Wildman–Crippen MR) is 98.6 cm³/mol. The van der Waals surface area contributed by atoms with Crippen molar-refractivity contribution in [3.63, 3.8) is 0 Å². The summed E-state index contributed by atoms with van der Waals surface area (Å²) in [6.07, 6.45) is 7.11. The van der Waals surface area contributed by atoms with Crippen LogP contribution >= 0.6 is 0 Å². The van der Waals surface area contributed by atoms with Gasteiger partial charge in [-0.1, -0.05) is 6.07 Å². The zero-order valence-electron chi connectivity index (χ0n) is 15.8. The Kier molecular flexibility index (Phi) is 5.32. The highest BCUT2D eigenvalue weighted by molar-refractivity contribution is 5.79. The summed E-state index contributed by atoms with van der Waals surface area (Å²) in [6.45, 7) is 1.34. The lowest BCUT2D eigenvalue weighted by Gasteiger charge is -2.48. The van der Waals surface area contributed by atoms with Gasteiger partial charge in [0.2, 0.25) is 5.91 Å². The summed E-state index contributed by atoms with van der Waals surface area (Å²) < 4.78 is 0. The molecule has 3 rings (SSSR count). The van der Waals surface area contributed by atoms with Crippen molar-refractivity contribution in [3.8, 4) is 0 Å². The van der Waals surface area contributed by atoms with Gasteiger partial charge in [-0.15, -0.1) is 0 Å². The van der Waals surface area contributed by atoms with Gasteiger partial charge in [0.1, 0.15) is 0 Å². The van der Waals surface area contributed by atoms with Crippen LogP contribution in [0.25, 0.3) is 0 Å². The Bertz CT molecular complexity index is 652. The van der Waals surface area contributed by atoms with Crippen LogP contribution in [0.1, 0.15) is 50.6 Å². The molecule has 0 atom stereocenters. The molecule has 1 aromatic rings. The number of aromatic nitrogens is 1. The second kappa shape index (κ2) is 7.35. The van der Waals surface area contributed by atoms with E-state index in [1.54, 1.807) is 0 Å². The Hall–Kier alpha value is -1.95. The zero-order valence-corrected chi connectivity index (χ0v) is 15.8. The Morgan fingerprint density at radius 2 is 2.00 bits per heavy atom. The number of hydrogen-bond acceptors (Lipinski definition) is 4. The Labute approximate surface area is 155 Å². The molecular weight excluding hydrogens is 330 g/mol. The molecule has 0 radical (unpaired) electrons. The quantitative estimate of drug-likeness (QED) is 0.845. The first-order valence-electron chi connectivity index (χ1n) is 9.45. The van der Waals surface area contributed by atoms with E-state index in [1.165, 1.54) is 0 Å². The van der Waals surface area contributed by atoms with Gasteiger partial charge in [-0.3, -0.25) is 19.5 Å².